The Balaban J connectivity index is 1.26. The van der Waals surface area contributed by atoms with Crippen molar-refractivity contribution in [1.82, 2.24) is 20.7 Å². The highest BCUT2D eigenvalue weighted by Gasteiger charge is 2.48. The Morgan fingerprint density at radius 2 is 1.70 bits per heavy atom. The maximum absolute atomic E-state index is 12.9. The molecule has 4 rings (SSSR count). The normalized spacial score (nSPS) is 21.3. The van der Waals surface area contributed by atoms with Crippen molar-refractivity contribution >= 4 is 35.1 Å². The molecule has 0 saturated carbocycles. The van der Waals surface area contributed by atoms with E-state index in [4.69, 9.17) is 11.6 Å². The molecule has 0 radical (unpaired) electrons. The van der Waals surface area contributed by atoms with E-state index in [1.54, 1.807) is 6.92 Å². The molecule has 2 aromatic rings. The molecule has 8 nitrogen and oxygen atoms in total. The molecule has 0 aliphatic carbocycles. The number of hydrazine groups is 1. The summed E-state index contributed by atoms with van der Waals surface area (Å²) in [5.41, 5.74) is 3.62. The van der Waals surface area contributed by atoms with E-state index in [2.05, 4.69) is 15.6 Å². The lowest BCUT2D eigenvalue weighted by atomic mass is 9.93. The van der Waals surface area contributed by atoms with E-state index in [1.807, 2.05) is 59.5 Å². The van der Waals surface area contributed by atoms with Gasteiger partial charge in [-0.25, -0.2) is 4.79 Å². The monoisotopic (exact) mass is 469 g/mol. The highest BCUT2D eigenvalue weighted by molar-refractivity contribution is 6.30. The summed E-state index contributed by atoms with van der Waals surface area (Å²) < 4.78 is 0. The van der Waals surface area contributed by atoms with Gasteiger partial charge in [-0.05, 0) is 49.6 Å². The number of halogens is 1. The molecule has 4 amide bonds. The van der Waals surface area contributed by atoms with Crippen molar-refractivity contribution in [3.8, 4) is 0 Å². The Morgan fingerprint density at radius 1 is 1.03 bits per heavy atom. The van der Waals surface area contributed by atoms with Crippen LogP contribution in [0.15, 0.2) is 54.6 Å². The third kappa shape index (κ3) is 5.46. The minimum absolute atomic E-state index is 0.117. The number of piperazine rings is 1. The molecule has 174 valence electrons. The average Bonchev–Trinajstić information content (AvgIpc) is 3.03. The summed E-state index contributed by atoms with van der Waals surface area (Å²) in [6.07, 6.45) is 1.09. The van der Waals surface area contributed by atoms with E-state index in [0.29, 0.717) is 31.0 Å². The lowest BCUT2D eigenvalue weighted by molar-refractivity contribution is -0.139. The van der Waals surface area contributed by atoms with Crippen LogP contribution in [-0.4, -0.2) is 66.0 Å². The second-order valence-corrected chi connectivity index (χ2v) is 9.10. The standard InChI is InChI=1S/C24H28ClN5O3/c1-24(12-11-18-5-3-2-4-6-18)22(32)30(23(33)26-24)27-21(31)17-28-13-15-29(16-14-28)20-9-7-19(25)8-10-20/h2-10H,11-17H2,1H3,(H,26,33)(H,27,31). The van der Waals surface area contributed by atoms with Crippen molar-refractivity contribution in [3.63, 3.8) is 0 Å². The van der Waals surface area contributed by atoms with Crippen molar-refractivity contribution in [3.05, 3.63) is 65.2 Å². The number of hydrogen-bond acceptors (Lipinski definition) is 5. The van der Waals surface area contributed by atoms with Gasteiger partial charge in [-0.1, -0.05) is 41.9 Å². The van der Waals surface area contributed by atoms with Gasteiger partial charge in [0, 0.05) is 36.9 Å². The van der Waals surface area contributed by atoms with Crippen LogP contribution in [0.25, 0.3) is 0 Å². The molecule has 2 aliphatic rings. The van der Waals surface area contributed by atoms with Gasteiger partial charge in [-0.3, -0.25) is 19.9 Å². The van der Waals surface area contributed by atoms with E-state index in [-0.39, 0.29) is 12.5 Å². The third-order valence-electron chi connectivity index (χ3n) is 6.19. The number of nitrogens with one attached hydrogen (secondary N) is 2. The van der Waals surface area contributed by atoms with Crippen LogP contribution in [0.3, 0.4) is 0 Å². The molecule has 33 heavy (non-hydrogen) atoms. The van der Waals surface area contributed by atoms with Crippen molar-refractivity contribution in [1.29, 1.82) is 0 Å². The van der Waals surface area contributed by atoms with E-state index >= 15 is 0 Å². The van der Waals surface area contributed by atoms with Crippen LogP contribution in [0, 0.1) is 0 Å². The van der Waals surface area contributed by atoms with Gasteiger partial charge >= 0.3 is 6.03 Å². The maximum Gasteiger partial charge on any atom is 0.344 e. The van der Waals surface area contributed by atoms with E-state index in [1.165, 1.54) is 0 Å². The molecule has 2 fully saturated rings. The predicted octanol–water partition coefficient (Wildman–Crippen LogP) is 2.44. The average molecular weight is 470 g/mol. The fourth-order valence-electron chi connectivity index (χ4n) is 4.17. The van der Waals surface area contributed by atoms with Gasteiger partial charge < -0.3 is 10.2 Å². The summed E-state index contributed by atoms with van der Waals surface area (Å²) in [7, 11) is 0. The number of anilines is 1. The minimum Gasteiger partial charge on any atom is -0.369 e. The fraction of sp³-hybridized carbons (Fsp3) is 0.375. The number of rotatable bonds is 7. The number of hydrogen-bond donors (Lipinski definition) is 2. The topological polar surface area (TPSA) is 85.0 Å². The number of amides is 4. The molecule has 2 aliphatic heterocycles. The van der Waals surface area contributed by atoms with Gasteiger partial charge in [0.25, 0.3) is 11.8 Å². The lowest BCUT2D eigenvalue weighted by Gasteiger charge is -2.35. The van der Waals surface area contributed by atoms with Crippen molar-refractivity contribution in [2.75, 3.05) is 37.6 Å². The summed E-state index contributed by atoms with van der Waals surface area (Å²) in [6, 6.07) is 16.9. The summed E-state index contributed by atoms with van der Waals surface area (Å²) in [5, 5.41) is 4.25. The van der Waals surface area contributed by atoms with Crippen LogP contribution in [0.1, 0.15) is 18.9 Å². The smallest absolute Gasteiger partial charge is 0.344 e. The molecule has 2 saturated heterocycles. The quantitative estimate of drug-likeness (QED) is 0.608. The zero-order valence-corrected chi connectivity index (χ0v) is 19.3. The van der Waals surface area contributed by atoms with Crippen LogP contribution in [0.5, 0.6) is 0 Å². The Kier molecular flexibility index (Phi) is 6.85. The fourth-order valence-corrected chi connectivity index (χ4v) is 4.30. The number of carbonyl (C=O) groups is 3. The number of nitrogens with zero attached hydrogens (tertiary/aromatic N) is 3. The van der Waals surface area contributed by atoms with Crippen molar-refractivity contribution < 1.29 is 14.4 Å². The molecule has 1 atom stereocenters. The Bertz CT molecular complexity index is 1010. The molecular weight excluding hydrogens is 442 g/mol. The molecule has 0 bridgehead atoms. The third-order valence-corrected chi connectivity index (χ3v) is 6.44. The van der Waals surface area contributed by atoms with Crippen LogP contribution < -0.4 is 15.6 Å². The largest absolute Gasteiger partial charge is 0.369 e. The molecule has 0 aromatic heterocycles. The number of benzene rings is 2. The van der Waals surface area contributed by atoms with Crippen molar-refractivity contribution in [2.24, 2.45) is 0 Å². The van der Waals surface area contributed by atoms with Crippen LogP contribution >= 0.6 is 11.6 Å². The molecule has 1 unspecified atom stereocenters. The molecule has 9 heteroatoms. The Morgan fingerprint density at radius 3 is 2.36 bits per heavy atom. The summed E-state index contributed by atoms with van der Waals surface area (Å²) >= 11 is 5.96. The number of urea groups is 1. The summed E-state index contributed by atoms with van der Waals surface area (Å²) in [5.74, 6) is -0.824. The molecule has 2 N–H and O–H groups in total. The lowest BCUT2D eigenvalue weighted by Crippen LogP contribution is -2.54. The Labute approximate surface area is 198 Å². The predicted molar refractivity (Wildman–Crippen MR) is 127 cm³/mol. The van der Waals surface area contributed by atoms with Crippen molar-refractivity contribution in [2.45, 2.75) is 25.3 Å². The van der Waals surface area contributed by atoms with E-state index in [0.717, 1.165) is 29.3 Å². The first kappa shape index (κ1) is 23.1. The highest BCUT2D eigenvalue weighted by Crippen LogP contribution is 2.22. The first-order valence-electron chi connectivity index (χ1n) is 11.1. The second kappa shape index (κ2) is 9.80. The maximum atomic E-state index is 12.9. The Hall–Kier alpha value is -3.10. The molecular formula is C24H28ClN5O3. The summed E-state index contributed by atoms with van der Waals surface area (Å²) in [4.78, 5) is 42.1. The molecule has 2 aromatic carbocycles. The second-order valence-electron chi connectivity index (χ2n) is 8.66. The van der Waals surface area contributed by atoms with E-state index < -0.39 is 17.5 Å². The number of aryl methyl sites for hydroxylation is 1. The van der Waals surface area contributed by atoms with Gasteiger partial charge in [0.1, 0.15) is 5.54 Å². The van der Waals surface area contributed by atoms with Gasteiger partial charge in [-0.15, -0.1) is 0 Å². The van der Waals surface area contributed by atoms with Gasteiger partial charge in [0.05, 0.1) is 6.54 Å². The number of imide groups is 1. The SMILES string of the molecule is CC1(CCc2ccccc2)NC(=O)N(NC(=O)CN2CCN(c3ccc(Cl)cc3)CC2)C1=O. The van der Waals surface area contributed by atoms with Gasteiger partial charge in [0.15, 0.2) is 0 Å². The zero-order valence-electron chi connectivity index (χ0n) is 18.6. The van der Waals surface area contributed by atoms with Crippen LogP contribution in [-0.2, 0) is 16.0 Å². The molecule has 0 spiro atoms. The summed E-state index contributed by atoms with van der Waals surface area (Å²) in [6.45, 7) is 4.76. The first-order chi connectivity index (χ1) is 15.8. The highest BCUT2D eigenvalue weighted by atomic mass is 35.5. The van der Waals surface area contributed by atoms with E-state index in [9.17, 15) is 14.4 Å². The van der Waals surface area contributed by atoms with Crippen LogP contribution in [0.4, 0.5) is 10.5 Å². The zero-order chi connectivity index (χ0) is 23.4. The number of carbonyl (C=O) groups excluding carboxylic acids is 3. The minimum atomic E-state index is -1.05. The van der Waals surface area contributed by atoms with Crippen LogP contribution in [0.2, 0.25) is 5.02 Å². The first-order valence-corrected chi connectivity index (χ1v) is 11.4. The van der Waals surface area contributed by atoms with Gasteiger partial charge in [0.2, 0.25) is 0 Å². The van der Waals surface area contributed by atoms with Gasteiger partial charge in [-0.2, -0.15) is 5.01 Å². The molecule has 2 heterocycles.